The van der Waals surface area contributed by atoms with Crippen LogP contribution in [-0.2, 0) is 21.4 Å². The first-order valence-electron chi connectivity index (χ1n) is 6.65. The van der Waals surface area contributed by atoms with Crippen LogP contribution < -0.4 is 4.74 Å². The van der Waals surface area contributed by atoms with Gasteiger partial charge in [-0.2, -0.15) is 0 Å². The van der Waals surface area contributed by atoms with Gasteiger partial charge in [-0.1, -0.05) is 30.3 Å². The smallest absolute Gasteiger partial charge is 0.323 e. The fourth-order valence-corrected chi connectivity index (χ4v) is 2.73. The monoisotopic (exact) mass is 285 g/mol. The summed E-state index contributed by atoms with van der Waals surface area (Å²) in [5.74, 6) is -1.02. The Bertz CT molecular complexity index is 703. The number of cyclic esters (lactones) is 2. The number of nitrogens with zero attached hydrogens (tertiary/aromatic N) is 1. The van der Waals surface area contributed by atoms with E-state index in [1.807, 2.05) is 48.0 Å². The molecule has 0 spiro atoms. The highest BCUT2D eigenvalue weighted by molar-refractivity contribution is 5.98. The summed E-state index contributed by atoms with van der Waals surface area (Å²) in [6, 6.07) is 11.7. The second-order valence-electron chi connectivity index (χ2n) is 4.96. The second-order valence-corrected chi connectivity index (χ2v) is 4.96. The summed E-state index contributed by atoms with van der Waals surface area (Å²) >= 11 is 0. The number of benzene rings is 1. The zero-order valence-electron chi connectivity index (χ0n) is 11.8. The number of hydrogen-bond acceptors (Lipinski definition) is 4. The van der Waals surface area contributed by atoms with Crippen LogP contribution in [-0.4, -0.2) is 23.6 Å². The van der Waals surface area contributed by atoms with E-state index >= 15 is 0 Å². The van der Waals surface area contributed by atoms with Gasteiger partial charge in [0.1, 0.15) is 11.7 Å². The Morgan fingerprint density at radius 3 is 2.52 bits per heavy atom. The third-order valence-electron chi connectivity index (χ3n) is 3.73. The molecule has 1 aromatic heterocycles. The van der Waals surface area contributed by atoms with E-state index in [-0.39, 0.29) is 6.42 Å². The molecule has 2 heterocycles. The minimum Gasteiger partial charge on any atom is -0.495 e. The van der Waals surface area contributed by atoms with Crippen LogP contribution in [0.4, 0.5) is 0 Å². The van der Waals surface area contributed by atoms with Crippen LogP contribution in [0.2, 0.25) is 0 Å². The topological polar surface area (TPSA) is 57.5 Å². The van der Waals surface area contributed by atoms with E-state index < -0.39 is 17.9 Å². The maximum atomic E-state index is 11.8. The van der Waals surface area contributed by atoms with Crippen LogP contribution in [0.5, 0.6) is 5.75 Å². The molecular formula is C16H15NO4. The molecule has 0 saturated carbocycles. The van der Waals surface area contributed by atoms with E-state index in [2.05, 4.69) is 4.74 Å². The van der Waals surface area contributed by atoms with Crippen LogP contribution in [0.15, 0.2) is 36.4 Å². The van der Waals surface area contributed by atoms with Gasteiger partial charge in [-0.15, -0.1) is 0 Å². The third kappa shape index (κ3) is 2.20. The van der Waals surface area contributed by atoms with Gasteiger partial charge in [0.15, 0.2) is 0 Å². The highest BCUT2D eigenvalue weighted by Crippen LogP contribution is 2.38. The van der Waals surface area contributed by atoms with Crippen LogP contribution >= 0.6 is 0 Å². The summed E-state index contributed by atoms with van der Waals surface area (Å²) in [6.45, 7) is 0. The van der Waals surface area contributed by atoms with Gasteiger partial charge in [0.05, 0.1) is 24.9 Å². The van der Waals surface area contributed by atoms with E-state index in [9.17, 15) is 9.59 Å². The molecule has 0 N–H and O–H groups in total. The molecule has 0 radical (unpaired) electrons. The Balaban J connectivity index is 2.11. The Morgan fingerprint density at radius 2 is 1.95 bits per heavy atom. The average Bonchev–Trinajstić information content (AvgIpc) is 2.98. The number of rotatable bonds is 3. The quantitative estimate of drug-likeness (QED) is 0.641. The van der Waals surface area contributed by atoms with Crippen molar-refractivity contribution in [1.82, 2.24) is 4.57 Å². The van der Waals surface area contributed by atoms with Crippen molar-refractivity contribution in [1.29, 1.82) is 0 Å². The summed E-state index contributed by atoms with van der Waals surface area (Å²) in [5.41, 5.74) is 2.61. The zero-order valence-corrected chi connectivity index (χ0v) is 11.8. The Hall–Kier alpha value is -2.56. The molecule has 2 aromatic rings. The van der Waals surface area contributed by atoms with Crippen molar-refractivity contribution in [3.63, 3.8) is 0 Å². The van der Waals surface area contributed by atoms with E-state index in [0.717, 1.165) is 11.3 Å². The van der Waals surface area contributed by atoms with Crippen molar-refractivity contribution in [3.8, 4) is 17.0 Å². The summed E-state index contributed by atoms with van der Waals surface area (Å²) in [5, 5.41) is 0. The molecule has 3 rings (SSSR count). The minimum absolute atomic E-state index is 0.0568. The van der Waals surface area contributed by atoms with Crippen molar-refractivity contribution in [3.05, 3.63) is 42.1 Å². The second kappa shape index (κ2) is 5.09. The van der Waals surface area contributed by atoms with Crippen molar-refractivity contribution < 1.29 is 19.1 Å². The predicted octanol–water partition coefficient (Wildman–Crippen LogP) is 2.26. The maximum Gasteiger partial charge on any atom is 0.323 e. The standard InChI is InChI=1S/C16H15NO4/c1-17-12(10-6-4-3-5-7-10)9-13(20-2)15(17)11-8-14(18)21-16(11)19/h3-7,9,11H,8H2,1-2H3. The van der Waals surface area contributed by atoms with Gasteiger partial charge < -0.3 is 14.0 Å². The Morgan fingerprint density at radius 1 is 1.24 bits per heavy atom. The van der Waals surface area contributed by atoms with Crippen molar-refractivity contribution in [2.24, 2.45) is 7.05 Å². The molecule has 0 bridgehead atoms. The van der Waals surface area contributed by atoms with Gasteiger partial charge >= 0.3 is 11.9 Å². The molecule has 108 valence electrons. The molecule has 1 atom stereocenters. The van der Waals surface area contributed by atoms with Crippen LogP contribution in [0.3, 0.4) is 0 Å². The SMILES string of the molecule is COc1cc(-c2ccccc2)n(C)c1C1CC(=O)OC1=O. The number of carbonyl (C=O) groups excluding carboxylic acids is 2. The predicted molar refractivity (Wildman–Crippen MR) is 75.9 cm³/mol. The zero-order chi connectivity index (χ0) is 15.0. The highest BCUT2D eigenvalue weighted by Gasteiger charge is 2.39. The fraction of sp³-hybridized carbons (Fsp3) is 0.250. The number of carbonyl (C=O) groups is 2. The number of methoxy groups -OCH3 is 1. The first-order chi connectivity index (χ1) is 10.1. The largest absolute Gasteiger partial charge is 0.495 e. The molecule has 21 heavy (non-hydrogen) atoms. The average molecular weight is 285 g/mol. The molecule has 1 aliphatic rings. The lowest BCUT2D eigenvalue weighted by Gasteiger charge is -2.11. The minimum atomic E-state index is -0.602. The molecule has 1 aliphatic heterocycles. The molecule has 1 aromatic carbocycles. The fourth-order valence-electron chi connectivity index (χ4n) is 2.73. The first kappa shape index (κ1) is 13.4. The van der Waals surface area contributed by atoms with Crippen molar-refractivity contribution in [2.45, 2.75) is 12.3 Å². The number of esters is 2. The number of hydrogen-bond donors (Lipinski definition) is 0. The molecule has 1 unspecified atom stereocenters. The van der Waals surface area contributed by atoms with E-state index in [1.54, 1.807) is 7.11 Å². The molecule has 1 saturated heterocycles. The molecule has 5 heteroatoms. The highest BCUT2D eigenvalue weighted by atomic mass is 16.6. The van der Waals surface area contributed by atoms with Crippen LogP contribution in [0.1, 0.15) is 18.0 Å². The lowest BCUT2D eigenvalue weighted by atomic mass is 10.0. The van der Waals surface area contributed by atoms with Gasteiger partial charge in [0.25, 0.3) is 0 Å². The normalized spacial score (nSPS) is 17.9. The molecule has 5 nitrogen and oxygen atoms in total. The summed E-state index contributed by atoms with van der Waals surface area (Å²) in [6.07, 6.45) is 0.0568. The summed E-state index contributed by atoms with van der Waals surface area (Å²) in [7, 11) is 3.41. The molecule has 0 amide bonds. The molecular weight excluding hydrogens is 270 g/mol. The van der Waals surface area contributed by atoms with Gasteiger partial charge in [-0.3, -0.25) is 9.59 Å². The van der Waals surface area contributed by atoms with E-state index in [4.69, 9.17) is 4.74 Å². The molecule has 1 fully saturated rings. The summed E-state index contributed by atoms with van der Waals surface area (Å²) < 4.78 is 11.9. The maximum absolute atomic E-state index is 11.8. The summed E-state index contributed by atoms with van der Waals surface area (Å²) in [4.78, 5) is 23.2. The Labute approximate surface area is 122 Å². The van der Waals surface area contributed by atoms with Crippen LogP contribution in [0.25, 0.3) is 11.3 Å². The first-order valence-corrected chi connectivity index (χ1v) is 6.65. The molecule has 0 aliphatic carbocycles. The Kier molecular flexibility index (Phi) is 3.25. The number of aromatic nitrogens is 1. The number of ether oxygens (including phenoxy) is 2. The van der Waals surface area contributed by atoms with Crippen LogP contribution in [0, 0.1) is 0 Å². The van der Waals surface area contributed by atoms with Gasteiger partial charge in [-0.05, 0) is 5.56 Å². The van der Waals surface area contributed by atoms with E-state index in [0.29, 0.717) is 11.4 Å². The van der Waals surface area contributed by atoms with Crippen molar-refractivity contribution in [2.75, 3.05) is 7.11 Å². The van der Waals surface area contributed by atoms with Gasteiger partial charge in [-0.25, -0.2) is 0 Å². The lowest BCUT2D eigenvalue weighted by Crippen LogP contribution is -2.11. The van der Waals surface area contributed by atoms with Crippen molar-refractivity contribution >= 4 is 11.9 Å². The van der Waals surface area contributed by atoms with E-state index in [1.165, 1.54) is 0 Å². The lowest BCUT2D eigenvalue weighted by molar-refractivity contribution is -0.152. The van der Waals surface area contributed by atoms with Gasteiger partial charge in [0.2, 0.25) is 0 Å². The third-order valence-corrected chi connectivity index (χ3v) is 3.73. The van der Waals surface area contributed by atoms with Gasteiger partial charge in [0, 0.05) is 13.1 Å².